The number of anilines is 3. The molecule has 1 amide bonds. The second-order valence-electron chi connectivity index (χ2n) is 7.92. The van der Waals surface area contributed by atoms with Gasteiger partial charge in [-0.25, -0.2) is 9.37 Å². The first-order valence-electron chi connectivity index (χ1n) is 10.4. The number of hydrogen-bond acceptors (Lipinski definition) is 6. The molecule has 0 spiro atoms. The third-order valence-corrected chi connectivity index (χ3v) is 5.52. The molecule has 162 valence electrons. The van der Waals surface area contributed by atoms with Crippen LogP contribution in [0.1, 0.15) is 24.0 Å². The summed E-state index contributed by atoms with van der Waals surface area (Å²) in [6.45, 7) is 3.20. The summed E-state index contributed by atoms with van der Waals surface area (Å²) in [5, 5.41) is 11.9. The van der Waals surface area contributed by atoms with Gasteiger partial charge in [-0.15, -0.1) is 0 Å². The molecule has 0 unspecified atom stereocenters. The standard InChI is InChI=1S/C24H23FN6O/c1-15-4-2-6-19(10-15)28-23(32)18-5-3-9-31(14-18)22-12-21(29-24(27)30-22)16-7-8-17(13-26)20(25)11-16/h2,4,6-8,10-12,18H,3,5,9,14H2,1H3,(H,28,32)(H2,27,29,30)/t18-/m0/s1. The molecule has 1 aliphatic rings. The van der Waals surface area contributed by atoms with Crippen molar-refractivity contribution in [3.8, 4) is 17.3 Å². The van der Waals surface area contributed by atoms with Crippen LogP contribution in [0.3, 0.4) is 0 Å². The van der Waals surface area contributed by atoms with Gasteiger partial charge in [-0.2, -0.15) is 10.2 Å². The Hall–Kier alpha value is -3.99. The molecule has 2 aromatic carbocycles. The van der Waals surface area contributed by atoms with Gasteiger partial charge in [-0.1, -0.05) is 18.2 Å². The van der Waals surface area contributed by atoms with Crippen molar-refractivity contribution in [2.45, 2.75) is 19.8 Å². The predicted molar refractivity (Wildman–Crippen MR) is 121 cm³/mol. The maximum Gasteiger partial charge on any atom is 0.229 e. The highest BCUT2D eigenvalue weighted by Crippen LogP contribution is 2.28. The molecule has 2 heterocycles. The van der Waals surface area contributed by atoms with Crippen LogP contribution in [0.4, 0.5) is 21.8 Å². The second kappa shape index (κ2) is 9.02. The van der Waals surface area contributed by atoms with Crippen LogP contribution in [-0.2, 0) is 4.79 Å². The van der Waals surface area contributed by atoms with E-state index in [1.54, 1.807) is 18.2 Å². The van der Waals surface area contributed by atoms with Gasteiger partial charge in [-0.3, -0.25) is 4.79 Å². The summed E-state index contributed by atoms with van der Waals surface area (Å²) < 4.78 is 14.1. The number of nitrogen functional groups attached to an aromatic ring is 1. The van der Waals surface area contributed by atoms with E-state index < -0.39 is 5.82 Å². The number of halogens is 1. The average Bonchev–Trinajstić information content (AvgIpc) is 2.78. The lowest BCUT2D eigenvalue weighted by molar-refractivity contribution is -0.120. The topological polar surface area (TPSA) is 108 Å². The molecular formula is C24H23FN6O. The molecule has 1 aromatic heterocycles. The highest BCUT2D eigenvalue weighted by molar-refractivity contribution is 5.93. The number of amides is 1. The summed E-state index contributed by atoms with van der Waals surface area (Å²) in [7, 11) is 0. The smallest absolute Gasteiger partial charge is 0.229 e. The van der Waals surface area contributed by atoms with E-state index in [4.69, 9.17) is 11.0 Å². The number of carbonyl (C=O) groups is 1. The van der Waals surface area contributed by atoms with Crippen LogP contribution in [0.5, 0.6) is 0 Å². The van der Waals surface area contributed by atoms with Crippen LogP contribution in [0.25, 0.3) is 11.3 Å². The van der Waals surface area contributed by atoms with E-state index in [9.17, 15) is 9.18 Å². The number of aromatic nitrogens is 2. The molecule has 3 N–H and O–H groups in total. The first-order valence-corrected chi connectivity index (χ1v) is 10.4. The zero-order chi connectivity index (χ0) is 22.7. The lowest BCUT2D eigenvalue weighted by Gasteiger charge is -2.33. The fourth-order valence-corrected chi connectivity index (χ4v) is 3.89. The summed E-state index contributed by atoms with van der Waals surface area (Å²) in [5.74, 6) is -0.193. The number of aryl methyl sites for hydroxylation is 1. The number of nitrogens with one attached hydrogen (secondary N) is 1. The molecule has 0 saturated carbocycles. The molecule has 4 rings (SSSR count). The number of nitrogens with two attached hydrogens (primary N) is 1. The van der Waals surface area contributed by atoms with Gasteiger partial charge in [0.15, 0.2) is 0 Å². The Bertz CT molecular complexity index is 1210. The molecule has 1 atom stereocenters. The number of benzene rings is 2. The largest absolute Gasteiger partial charge is 0.368 e. The first-order chi connectivity index (χ1) is 15.4. The summed E-state index contributed by atoms with van der Waals surface area (Å²) in [4.78, 5) is 23.4. The Morgan fingerprint density at radius 3 is 2.84 bits per heavy atom. The van der Waals surface area contributed by atoms with E-state index in [0.717, 1.165) is 30.6 Å². The summed E-state index contributed by atoms with van der Waals surface area (Å²) in [5.41, 5.74) is 8.72. The number of hydrogen-bond donors (Lipinski definition) is 2. The van der Waals surface area contributed by atoms with E-state index in [-0.39, 0.29) is 23.3 Å². The van der Waals surface area contributed by atoms with E-state index in [0.29, 0.717) is 23.6 Å². The van der Waals surface area contributed by atoms with Crippen molar-refractivity contribution in [3.05, 3.63) is 65.5 Å². The number of carbonyl (C=O) groups excluding carboxylic acids is 1. The van der Waals surface area contributed by atoms with E-state index in [1.807, 2.05) is 36.1 Å². The van der Waals surface area contributed by atoms with Gasteiger partial charge in [-0.05, 0) is 49.6 Å². The zero-order valence-corrected chi connectivity index (χ0v) is 17.7. The highest BCUT2D eigenvalue weighted by atomic mass is 19.1. The van der Waals surface area contributed by atoms with Crippen molar-refractivity contribution in [1.82, 2.24) is 9.97 Å². The van der Waals surface area contributed by atoms with E-state index in [2.05, 4.69) is 15.3 Å². The van der Waals surface area contributed by atoms with Crippen LogP contribution >= 0.6 is 0 Å². The third kappa shape index (κ3) is 4.67. The summed E-state index contributed by atoms with van der Waals surface area (Å²) in [6, 6.07) is 15.5. The highest BCUT2D eigenvalue weighted by Gasteiger charge is 2.27. The van der Waals surface area contributed by atoms with Gasteiger partial charge in [0.2, 0.25) is 11.9 Å². The van der Waals surface area contributed by atoms with Gasteiger partial charge in [0.1, 0.15) is 17.7 Å². The van der Waals surface area contributed by atoms with Gasteiger partial charge < -0.3 is 16.0 Å². The van der Waals surface area contributed by atoms with Crippen LogP contribution in [-0.4, -0.2) is 29.0 Å². The van der Waals surface area contributed by atoms with Gasteiger partial charge >= 0.3 is 0 Å². The minimum Gasteiger partial charge on any atom is -0.368 e. The lowest BCUT2D eigenvalue weighted by Crippen LogP contribution is -2.41. The number of nitriles is 1. The Balaban J connectivity index is 1.54. The molecular weight excluding hydrogens is 407 g/mol. The molecule has 0 bridgehead atoms. The maximum absolute atomic E-state index is 14.1. The van der Waals surface area contributed by atoms with Crippen LogP contribution < -0.4 is 16.0 Å². The zero-order valence-electron chi connectivity index (χ0n) is 17.7. The minimum atomic E-state index is -0.616. The normalized spacial score (nSPS) is 15.8. The van der Waals surface area contributed by atoms with Crippen molar-refractivity contribution in [2.24, 2.45) is 5.92 Å². The Kier molecular flexibility index (Phi) is 5.99. The van der Waals surface area contributed by atoms with E-state index in [1.165, 1.54) is 12.1 Å². The van der Waals surface area contributed by atoms with Crippen LogP contribution in [0.2, 0.25) is 0 Å². The molecule has 1 fully saturated rings. The van der Waals surface area contributed by atoms with Crippen molar-refractivity contribution >= 4 is 23.4 Å². The Morgan fingerprint density at radius 1 is 1.25 bits per heavy atom. The molecule has 8 heteroatoms. The molecule has 1 aliphatic heterocycles. The first kappa shape index (κ1) is 21.2. The average molecular weight is 430 g/mol. The molecule has 3 aromatic rings. The maximum atomic E-state index is 14.1. The fraction of sp³-hybridized carbons (Fsp3) is 0.250. The third-order valence-electron chi connectivity index (χ3n) is 5.52. The second-order valence-corrected chi connectivity index (χ2v) is 7.92. The molecule has 7 nitrogen and oxygen atoms in total. The molecule has 32 heavy (non-hydrogen) atoms. The number of rotatable bonds is 4. The van der Waals surface area contributed by atoms with Crippen LogP contribution in [0, 0.1) is 30.0 Å². The number of nitrogens with zero attached hydrogens (tertiary/aromatic N) is 4. The SMILES string of the molecule is Cc1cccc(NC(=O)[C@H]2CCCN(c3cc(-c4ccc(C#N)c(F)c4)nc(N)n3)C2)c1. The lowest BCUT2D eigenvalue weighted by atomic mass is 9.97. The van der Waals surface area contributed by atoms with Gasteiger partial charge in [0, 0.05) is 30.4 Å². The predicted octanol–water partition coefficient (Wildman–Crippen LogP) is 3.90. The molecule has 1 saturated heterocycles. The van der Waals surface area contributed by atoms with Crippen molar-refractivity contribution in [3.63, 3.8) is 0 Å². The number of piperidine rings is 1. The molecule has 0 radical (unpaired) electrons. The van der Waals surface area contributed by atoms with Gasteiger partial charge in [0.25, 0.3) is 0 Å². The van der Waals surface area contributed by atoms with Crippen molar-refractivity contribution in [2.75, 3.05) is 29.0 Å². The minimum absolute atomic E-state index is 0.0308. The molecule has 0 aliphatic carbocycles. The van der Waals surface area contributed by atoms with Crippen LogP contribution in [0.15, 0.2) is 48.5 Å². The summed E-state index contributed by atoms with van der Waals surface area (Å²) >= 11 is 0. The summed E-state index contributed by atoms with van der Waals surface area (Å²) in [6.07, 6.45) is 1.61. The Morgan fingerprint density at radius 2 is 2.09 bits per heavy atom. The fourth-order valence-electron chi connectivity index (χ4n) is 3.89. The quantitative estimate of drug-likeness (QED) is 0.650. The van der Waals surface area contributed by atoms with Gasteiger partial charge in [0.05, 0.1) is 17.2 Å². The Labute approximate surface area is 185 Å². The van der Waals surface area contributed by atoms with Crippen molar-refractivity contribution < 1.29 is 9.18 Å². The van der Waals surface area contributed by atoms with E-state index >= 15 is 0 Å². The monoisotopic (exact) mass is 430 g/mol. The van der Waals surface area contributed by atoms with Crippen molar-refractivity contribution in [1.29, 1.82) is 5.26 Å².